The highest BCUT2D eigenvalue weighted by molar-refractivity contribution is 7.89. The summed E-state index contributed by atoms with van der Waals surface area (Å²) in [5.41, 5.74) is 6.14. The largest absolute Gasteiger partial charge is 0.359 e. The summed E-state index contributed by atoms with van der Waals surface area (Å²) >= 11 is 0. The number of allylic oxidation sites excluding steroid dienone is 3. The average Bonchev–Trinajstić information content (AvgIpc) is 3.38. The summed E-state index contributed by atoms with van der Waals surface area (Å²) in [6.07, 6.45) is 21.6. The van der Waals surface area contributed by atoms with Crippen molar-refractivity contribution in [2.45, 2.75) is 82.5 Å². The molecule has 2 spiro atoms. The minimum Gasteiger partial charge on any atom is -0.359 e. The molecule has 1 aromatic rings. The van der Waals surface area contributed by atoms with Gasteiger partial charge < -0.3 is 10.1 Å². The van der Waals surface area contributed by atoms with Crippen molar-refractivity contribution in [2.24, 2.45) is 22.4 Å². The van der Waals surface area contributed by atoms with Gasteiger partial charge in [0, 0.05) is 25.0 Å². The lowest BCUT2D eigenvalue weighted by atomic mass is 9.58. The molecule has 3 heterocycles. The maximum atomic E-state index is 11.4. The van der Waals surface area contributed by atoms with Crippen LogP contribution in [0.15, 0.2) is 60.0 Å². The van der Waals surface area contributed by atoms with Crippen LogP contribution in [0.5, 0.6) is 0 Å². The minimum absolute atomic E-state index is 0.0300. The number of nitrogens with two attached hydrogens (primary N) is 1. The van der Waals surface area contributed by atoms with E-state index in [-0.39, 0.29) is 28.4 Å². The number of aromatic nitrogens is 1. The molecule has 2 bridgehead atoms. The Labute approximate surface area is 227 Å². The van der Waals surface area contributed by atoms with Crippen molar-refractivity contribution in [3.05, 3.63) is 71.1 Å². The Morgan fingerprint density at radius 1 is 1.32 bits per heavy atom. The fourth-order valence-electron chi connectivity index (χ4n) is 8.58. The average molecular weight is 536 g/mol. The second kappa shape index (κ2) is 9.26. The second-order valence-corrected chi connectivity index (χ2v) is 14.3. The van der Waals surface area contributed by atoms with E-state index < -0.39 is 10.0 Å². The van der Waals surface area contributed by atoms with Gasteiger partial charge >= 0.3 is 0 Å². The van der Waals surface area contributed by atoms with Crippen LogP contribution < -0.4 is 10.5 Å². The molecule has 0 amide bonds. The van der Waals surface area contributed by atoms with Gasteiger partial charge in [0.05, 0.1) is 17.0 Å². The normalized spacial score (nSPS) is 37.8. The molecule has 1 aromatic heterocycles. The van der Waals surface area contributed by atoms with Crippen LogP contribution in [0.2, 0.25) is 0 Å². The Morgan fingerprint density at radius 2 is 2.16 bits per heavy atom. The molecule has 3 aliphatic carbocycles. The summed E-state index contributed by atoms with van der Waals surface area (Å²) < 4.78 is 30.1. The SMILES string of the molecule is C=C(/C=C\c1ccncc1C)[C@H]1CC[C@@H]2[C@]1(C)CC=C1C=C3CCC(NCCS(N)(=O)=O)C[C@]34CC[C@@]12O4. The van der Waals surface area contributed by atoms with Gasteiger partial charge in [-0.05, 0) is 104 Å². The molecule has 6 rings (SSSR count). The summed E-state index contributed by atoms with van der Waals surface area (Å²) in [6, 6.07) is 2.31. The van der Waals surface area contributed by atoms with Gasteiger partial charge in [-0.2, -0.15) is 0 Å². The lowest BCUT2D eigenvalue weighted by Crippen LogP contribution is -2.55. The van der Waals surface area contributed by atoms with Gasteiger partial charge in [0.1, 0.15) is 0 Å². The van der Waals surface area contributed by atoms with Gasteiger partial charge in [-0.1, -0.05) is 43.4 Å². The summed E-state index contributed by atoms with van der Waals surface area (Å²) in [6.45, 7) is 9.53. The predicted octanol–water partition coefficient (Wildman–Crippen LogP) is 4.98. The predicted molar refractivity (Wildman–Crippen MR) is 152 cm³/mol. The number of ether oxygens (including phenoxy) is 1. The maximum Gasteiger partial charge on any atom is 0.210 e. The lowest BCUT2D eigenvalue weighted by Gasteiger charge is -2.54. The van der Waals surface area contributed by atoms with E-state index in [1.165, 1.54) is 27.8 Å². The molecule has 38 heavy (non-hydrogen) atoms. The molecule has 0 aromatic carbocycles. The first-order chi connectivity index (χ1) is 18.0. The molecule has 1 saturated heterocycles. The first-order valence-electron chi connectivity index (χ1n) is 14.2. The Morgan fingerprint density at radius 3 is 2.95 bits per heavy atom. The molecule has 7 heteroatoms. The van der Waals surface area contributed by atoms with Crippen LogP contribution in [0.1, 0.15) is 69.4 Å². The van der Waals surface area contributed by atoms with E-state index >= 15 is 0 Å². The third-order valence-corrected chi connectivity index (χ3v) is 11.3. The van der Waals surface area contributed by atoms with Crippen molar-refractivity contribution in [3.63, 3.8) is 0 Å². The molecule has 5 aliphatic rings. The third kappa shape index (κ3) is 4.26. The summed E-state index contributed by atoms with van der Waals surface area (Å²) in [5, 5.41) is 8.68. The Bertz CT molecular complexity index is 1350. The van der Waals surface area contributed by atoms with Crippen LogP contribution in [0.3, 0.4) is 0 Å². The van der Waals surface area contributed by atoms with E-state index in [2.05, 4.69) is 61.1 Å². The molecule has 2 saturated carbocycles. The van der Waals surface area contributed by atoms with Crippen LogP contribution in [-0.4, -0.2) is 42.9 Å². The molecule has 3 N–H and O–H groups in total. The van der Waals surface area contributed by atoms with E-state index in [0.29, 0.717) is 18.4 Å². The number of rotatable bonds is 7. The molecular formula is C31H41N3O3S. The molecule has 204 valence electrons. The first kappa shape index (κ1) is 26.2. The highest BCUT2D eigenvalue weighted by atomic mass is 32.2. The van der Waals surface area contributed by atoms with Crippen molar-refractivity contribution in [2.75, 3.05) is 12.3 Å². The van der Waals surface area contributed by atoms with Gasteiger partial charge in [0.25, 0.3) is 0 Å². The van der Waals surface area contributed by atoms with Crippen molar-refractivity contribution < 1.29 is 13.2 Å². The topological polar surface area (TPSA) is 94.3 Å². The van der Waals surface area contributed by atoms with Crippen molar-refractivity contribution in [1.29, 1.82) is 0 Å². The van der Waals surface area contributed by atoms with Gasteiger partial charge in [0.2, 0.25) is 10.0 Å². The Kier molecular flexibility index (Phi) is 6.38. The first-order valence-corrected chi connectivity index (χ1v) is 15.9. The molecule has 3 fully saturated rings. The van der Waals surface area contributed by atoms with Crippen molar-refractivity contribution >= 4 is 16.1 Å². The third-order valence-electron chi connectivity index (χ3n) is 10.5. The highest BCUT2D eigenvalue weighted by Gasteiger charge is 2.66. The number of fused-ring (bicyclic) bond motifs is 1. The number of pyridine rings is 1. The van der Waals surface area contributed by atoms with Crippen LogP contribution in [0, 0.1) is 24.2 Å². The molecule has 1 unspecified atom stereocenters. The number of primary sulfonamides is 1. The van der Waals surface area contributed by atoms with Gasteiger partial charge in [-0.15, -0.1) is 0 Å². The van der Waals surface area contributed by atoms with Crippen LogP contribution in [0.25, 0.3) is 6.08 Å². The Hall–Kier alpha value is -2.06. The number of hydrogen-bond acceptors (Lipinski definition) is 5. The number of nitrogens with one attached hydrogen (secondary N) is 1. The lowest BCUT2D eigenvalue weighted by molar-refractivity contribution is -0.137. The zero-order valence-corrected chi connectivity index (χ0v) is 23.5. The van der Waals surface area contributed by atoms with Gasteiger partial charge in [-0.25, -0.2) is 13.6 Å². The summed E-state index contributed by atoms with van der Waals surface area (Å²) in [5.74, 6) is 0.876. The van der Waals surface area contributed by atoms with E-state index in [4.69, 9.17) is 9.88 Å². The van der Waals surface area contributed by atoms with Crippen molar-refractivity contribution in [1.82, 2.24) is 10.3 Å². The van der Waals surface area contributed by atoms with E-state index in [1.54, 1.807) is 0 Å². The maximum absolute atomic E-state index is 11.4. The highest BCUT2D eigenvalue weighted by Crippen LogP contribution is 2.68. The summed E-state index contributed by atoms with van der Waals surface area (Å²) in [4.78, 5) is 4.22. The monoisotopic (exact) mass is 535 g/mol. The van der Waals surface area contributed by atoms with E-state index in [0.717, 1.165) is 51.4 Å². The smallest absolute Gasteiger partial charge is 0.210 e. The van der Waals surface area contributed by atoms with Crippen LogP contribution >= 0.6 is 0 Å². The standard InChI is InChI=1S/C31H41N3O3S/c1-21(4-5-23-11-15-33-20-22(23)2)27-8-9-28-29(27,3)12-10-25-18-24-6-7-26(34-16-17-38(32,35)36)19-30(24)13-14-31(25,28)37-30/h4-5,10-11,15,18,20,26-28,34H,1,6-9,12-14,16-17,19H2,2-3H3,(H2,32,35,36)/b5-4-/t26?,27-,28-,29-,30-,31-/m1/s1. The van der Waals surface area contributed by atoms with Gasteiger partial charge in [-0.3, -0.25) is 4.98 Å². The second-order valence-electron chi connectivity index (χ2n) is 12.6. The number of sulfonamides is 1. The quantitative estimate of drug-likeness (QED) is 0.480. The number of aryl methyl sites for hydroxylation is 1. The molecule has 0 radical (unpaired) electrons. The fourth-order valence-corrected chi connectivity index (χ4v) is 8.98. The minimum atomic E-state index is -3.46. The van der Waals surface area contributed by atoms with Crippen molar-refractivity contribution in [3.8, 4) is 0 Å². The number of hydrogen-bond donors (Lipinski definition) is 2. The van der Waals surface area contributed by atoms with Gasteiger partial charge in [0.15, 0.2) is 0 Å². The zero-order valence-electron chi connectivity index (χ0n) is 22.7. The molecular weight excluding hydrogens is 494 g/mol. The van der Waals surface area contributed by atoms with Crippen LogP contribution in [-0.2, 0) is 14.8 Å². The van der Waals surface area contributed by atoms with E-state index in [9.17, 15) is 8.42 Å². The fraction of sp³-hybridized carbons (Fsp3) is 0.581. The number of nitrogens with zero attached hydrogens (tertiary/aromatic N) is 1. The summed E-state index contributed by atoms with van der Waals surface area (Å²) in [7, 11) is -3.46. The van der Waals surface area contributed by atoms with Crippen LogP contribution in [0.4, 0.5) is 0 Å². The van der Waals surface area contributed by atoms with E-state index in [1.807, 2.05) is 12.4 Å². The molecule has 2 aliphatic heterocycles. The zero-order chi connectivity index (χ0) is 26.8. The molecule has 6 atom stereocenters. The molecule has 6 nitrogen and oxygen atoms in total. The Balaban J connectivity index is 1.22.